The number of nitrogens with zero attached hydrogens (tertiary/aromatic N) is 1. The van der Waals surface area contributed by atoms with Crippen LogP contribution in [-0.2, 0) is 28.6 Å². The molecule has 1 N–H and O–H groups in total. The van der Waals surface area contributed by atoms with Crippen LogP contribution in [0.3, 0.4) is 0 Å². The van der Waals surface area contributed by atoms with Gasteiger partial charge in [-0.15, -0.1) is 0 Å². The summed E-state index contributed by atoms with van der Waals surface area (Å²) >= 11 is 0. The summed E-state index contributed by atoms with van der Waals surface area (Å²) in [5.41, 5.74) is 0. The number of rotatable bonds is 40. The fourth-order valence-corrected chi connectivity index (χ4v) is 6.23. The molecule has 336 valence electrons. The summed E-state index contributed by atoms with van der Waals surface area (Å²) in [6.07, 6.45) is 53.6. The molecular formula is C51H86NO7+. The number of unbranched alkanes of at least 4 members (excludes halogenated alkanes) is 12. The van der Waals surface area contributed by atoms with Crippen molar-refractivity contribution in [3.05, 3.63) is 85.1 Å². The molecule has 0 fully saturated rings. The van der Waals surface area contributed by atoms with Crippen molar-refractivity contribution in [1.82, 2.24) is 0 Å². The minimum Gasteiger partial charge on any atom is -0.477 e. The molecule has 0 aromatic carbocycles. The van der Waals surface area contributed by atoms with E-state index in [1.54, 1.807) is 0 Å². The molecule has 8 nitrogen and oxygen atoms in total. The van der Waals surface area contributed by atoms with Crippen LogP contribution in [0.1, 0.15) is 168 Å². The van der Waals surface area contributed by atoms with Gasteiger partial charge in [-0.2, -0.15) is 0 Å². The molecule has 0 radical (unpaired) electrons. The van der Waals surface area contributed by atoms with E-state index < -0.39 is 18.1 Å². The largest absolute Gasteiger partial charge is 0.477 e. The van der Waals surface area contributed by atoms with E-state index in [2.05, 4.69) is 92.8 Å². The number of hydrogen-bond acceptors (Lipinski definition) is 6. The van der Waals surface area contributed by atoms with Crippen LogP contribution in [0.5, 0.6) is 0 Å². The van der Waals surface area contributed by atoms with Crippen LogP contribution in [0.4, 0.5) is 0 Å². The van der Waals surface area contributed by atoms with Crippen molar-refractivity contribution in [3.63, 3.8) is 0 Å². The van der Waals surface area contributed by atoms with Crippen molar-refractivity contribution in [1.29, 1.82) is 0 Å². The first kappa shape index (κ1) is 55.5. The van der Waals surface area contributed by atoms with Gasteiger partial charge in [-0.25, -0.2) is 4.79 Å². The highest BCUT2D eigenvalue weighted by atomic mass is 16.6. The third-order valence-corrected chi connectivity index (χ3v) is 9.79. The van der Waals surface area contributed by atoms with Gasteiger partial charge in [0.1, 0.15) is 6.61 Å². The zero-order valence-corrected chi connectivity index (χ0v) is 38.2. The number of esters is 2. The maximum absolute atomic E-state index is 12.7. The average molecular weight is 825 g/mol. The number of carboxylic acid groups (broad SMARTS) is 1. The minimum atomic E-state index is -0.888. The number of hydrogen-bond donors (Lipinski definition) is 1. The molecule has 0 aliphatic carbocycles. The molecule has 0 saturated heterocycles. The summed E-state index contributed by atoms with van der Waals surface area (Å²) in [5, 5.41) is 9.62. The fraction of sp³-hybridized carbons (Fsp3) is 0.667. The lowest BCUT2D eigenvalue weighted by Crippen LogP contribution is -2.50. The fourth-order valence-electron chi connectivity index (χ4n) is 6.23. The van der Waals surface area contributed by atoms with Gasteiger partial charge in [0, 0.05) is 19.3 Å². The van der Waals surface area contributed by atoms with Crippen LogP contribution in [-0.4, -0.2) is 80.6 Å². The summed E-state index contributed by atoms with van der Waals surface area (Å²) in [7, 11) is 5.50. The van der Waals surface area contributed by atoms with Gasteiger partial charge < -0.3 is 23.8 Å². The number of allylic oxidation sites excluding steroid dienone is 14. The zero-order valence-electron chi connectivity index (χ0n) is 38.2. The van der Waals surface area contributed by atoms with Gasteiger partial charge in [0.25, 0.3) is 0 Å². The standard InChI is InChI=1S/C51H85NO7/c1-6-8-10-12-14-16-18-20-21-22-23-24-25-26-27-28-30-31-33-35-37-39-41-49(53)58-46-47(45-57-44-43-48(51(55)56)52(3,4)5)59-50(54)42-40-38-36-34-32-29-19-17-15-13-11-9-7-2/h8,10,14,16,20-21,23-24,26-27,29,32,36,38,47-48H,6-7,9,11-13,15,17-19,22,25,28,30-31,33-35,37,39-46H2,1-5H3/p+1/b10-8+,16-14+,21-20+,24-23+,27-26+,32-29+,38-36+. The molecule has 0 aromatic rings. The minimum absolute atomic E-state index is 0.0291. The second-order valence-electron chi connectivity index (χ2n) is 16.3. The Morgan fingerprint density at radius 2 is 0.983 bits per heavy atom. The number of aliphatic carboxylic acids is 1. The van der Waals surface area contributed by atoms with E-state index >= 15 is 0 Å². The van der Waals surface area contributed by atoms with Crippen molar-refractivity contribution in [3.8, 4) is 0 Å². The highest BCUT2D eigenvalue weighted by Crippen LogP contribution is 2.12. The third-order valence-electron chi connectivity index (χ3n) is 9.79. The summed E-state index contributed by atoms with van der Waals surface area (Å²) in [5.74, 6) is -1.58. The maximum Gasteiger partial charge on any atom is 0.362 e. The molecule has 0 aromatic heterocycles. The summed E-state index contributed by atoms with van der Waals surface area (Å²) in [6.45, 7) is 4.52. The first-order valence-electron chi connectivity index (χ1n) is 23.1. The quantitative estimate of drug-likeness (QED) is 0.0284. The number of carbonyl (C=O) groups is 3. The number of ether oxygens (including phenoxy) is 3. The van der Waals surface area contributed by atoms with Crippen LogP contribution in [0, 0.1) is 0 Å². The topological polar surface area (TPSA) is 99.1 Å². The van der Waals surface area contributed by atoms with Crippen LogP contribution in [0.15, 0.2) is 85.1 Å². The molecule has 0 aliphatic heterocycles. The van der Waals surface area contributed by atoms with Gasteiger partial charge in [0.2, 0.25) is 0 Å². The number of carbonyl (C=O) groups excluding carboxylic acids is 2. The lowest BCUT2D eigenvalue weighted by Gasteiger charge is -2.31. The van der Waals surface area contributed by atoms with Crippen LogP contribution >= 0.6 is 0 Å². The predicted molar refractivity (Wildman–Crippen MR) is 247 cm³/mol. The second-order valence-corrected chi connectivity index (χ2v) is 16.3. The Bertz CT molecular complexity index is 1240. The molecule has 2 unspecified atom stereocenters. The molecule has 0 saturated carbocycles. The van der Waals surface area contributed by atoms with E-state index in [-0.39, 0.29) is 42.7 Å². The summed E-state index contributed by atoms with van der Waals surface area (Å²) in [4.78, 5) is 37.0. The highest BCUT2D eigenvalue weighted by Gasteiger charge is 2.31. The first-order valence-corrected chi connectivity index (χ1v) is 23.1. The molecule has 0 amide bonds. The monoisotopic (exact) mass is 825 g/mol. The number of quaternary nitrogens is 1. The van der Waals surface area contributed by atoms with Gasteiger partial charge in [-0.05, 0) is 77.0 Å². The Morgan fingerprint density at radius 3 is 1.47 bits per heavy atom. The summed E-state index contributed by atoms with van der Waals surface area (Å²) < 4.78 is 17.2. The van der Waals surface area contributed by atoms with E-state index in [0.717, 1.165) is 77.0 Å². The van der Waals surface area contributed by atoms with E-state index in [9.17, 15) is 19.5 Å². The molecule has 0 aliphatic rings. The lowest BCUT2D eigenvalue weighted by atomic mass is 10.1. The molecule has 2 atom stereocenters. The van der Waals surface area contributed by atoms with Gasteiger partial charge in [0.15, 0.2) is 12.1 Å². The van der Waals surface area contributed by atoms with E-state index in [0.29, 0.717) is 19.3 Å². The van der Waals surface area contributed by atoms with Crippen LogP contribution < -0.4 is 0 Å². The Labute approximate surface area is 361 Å². The molecule has 59 heavy (non-hydrogen) atoms. The molecule has 8 heteroatoms. The molecule has 0 heterocycles. The Morgan fingerprint density at radius 1 is 0.525 bits per heavy atom. The van der Waals surface area contributed by atoms with Gasteiger partial charge in [-0.1, -0.05) is 157 Å². The number of likely N-dealkylation sites (N-methyl/N-ethyl adjacent to an activating group) is 1. The van der Waals surface area contributed by atoms with E-state index in [1.807, 2.05) is 27.2 Å². The van der Waals surface area contributed by atoms with Crippen molar-refractivity contribution in [2.24, 2.45) is 0 Å². The summed E-state index contributed by atoms with van der Waals surface area (Å²) in [6, 6.07) is -0.630. The average Bonchev–Trinajstić information content (AvgIpc) is 3.19. The normalized spacial score (nSPS) is 13.7. The Kier molecular flexibility index (Phi) is 38.8. The molecular weight excluding hydrogens is 739 g/mol. The lowest BCUT2D eigenvalue weighted by molar-refractivity contribution is -0.887. The SMILES string of the molecule is CC/C=C/C/C=C/C/C=C/C/C=C/C/C=C/CCCCCCCCC(=O)OCC(COCCC(C(=O)O)[N+](C)(C)C)OC(=O)CC/C=C/C/C=C/CCCCCCCC. The smallest absolute Gasteiger partial charge is 0.362 e. The van der Waals surface area contributed by atoms with Gasteiger partial charge in [-0.3, -0.25) is 9.59 Å². The Balaban J connectivity index is 4.37. The first-order chi connectivity index (χ1) is 28.6. The van der Waals surface area contributed by atoms with Crippen LogP contribution in [0.2, 0.25) is 0 Å². The van der Waals surface area contributed by atoms with Crippen molar-refractivity contribution < 1.29 is 38.2 Å². The van der Waals surface area contributed by atoms with Crippen molar-refractivity contribution in [2.75, 3.05) is 41.0 Å². The van der Waals surface area contributed by atoms with Crippen molar-refractivity contribution >= 4 is 17.9 Å². The zero-order chi connectivity index (χ0) is 43.5. The van der Waals surface area contributed by atoms with E-state index in [1.165, 1.54) is 51.4 Å². The third kappa shape index (κ3) is 39.7. The highest BCUT2D eigenvalue weighted by molar-refractivity contribution is 5.72. The maximum atomic E-state index is 12.7. The number of carboxylic acids is 1. The molecule has 0 spiro atoms. The second kappa shape index (κ2) is 41.3. The van der Waals surface area contributed by atoms with Crippen LogP contribution in [0.25, 0.3) is 0 Å². The predicted octanol–water partition coefficient (Wildman–Crippen LogP) is 12.9. The van der Waals surface area contributed by atoms with Gasteiger partial charge >= 0.3 is 17.9 Å². The molecule has 0 bridgehead atoms. The van der Waals surface area contributed by atoms with Crippen molar-refractivity contribution in [2.45, 2.75) is 180 Å². The Hall–Kier alpha value is -3.49. The van der Waals surface area contributed by atoms with E-state index in [4.69, 9.17) is 14.2 Å². The molecule has 0 rings (SSSR count). The van der Waals surface area contributed by atoms with Gasteiger partial charge in [0.05, 0.1) is 34.4 Å².